The summed E-state index contributed by atoms with van der Waals surface area (Å²) in [4.78, 5) is 14.6. The molecular formula is C21H27NO. The SMILES string of the molecule is CCC(=O)C1C=CC(N(CC)CC)=C/C1=C\c1ccccc1C. The fraction of sp³-hybridized carbons (Fsp3) is 0.381. The van der Waals surface area contributed by atoms with Gasteiger partial charge in [0.25, 0.3) is 0 Å². The van der Waals surface area contributed by atoms with Crippen molar-refractivity contribution in [3.05, 3.63) is 64.9 Å². The molecule has 1 aromatic carbocycles. The summed E-state index contributed by atoms with van der Waals surface area (Å²) in [5.41, 5.74) is 4.70. The standard InChI is InChI=1S/C21H27NO/c1-5-21(23)20-13-12-19(22(6-2)7-3)15-18(20)14-17-11-9-8-10-16(17)4/h8-15,20H,5-7H2,1-4H3/b18-14+. The lowest BCUT2D eigenvalue weighted by molar-refractivity contribution is -0.120. The summed E-state index contributed by atoms with van der Waals surface area (Å²) in [6.45, 7) is 10.3. The van der Waals surface area contributed by atoms with Crippen LogP contribution < -0.4 is 0 Å². The van der Waals surface area contributed by atoms with Crippen LogP contribution in [-0.4, -0.2) is 23.8 Å². The molecule has 0 aromatic heterocycles. The van der Waals surface area contributed by atoms with Crippen LogP contribution in [0.2, 0.25) is 0 Å². The predicted octanol–water partition coefficient (Wildman–Crippen LogP) is 4.77. The number of hydrogen-bond acceptors (Lipinski definition) is 2. The van der Waals surface area contributed by atoms with Gasteiger partial charge in [0, 0.05) is 25.2 Å². The lowest BCUT2D eigenvalue weighted by atomic mass is 9.86. The summed E-state index contributed by atoms with van der Waals surface area (Å²) in [5.74, 6) is 0.148. The van der Waals surface area contributed by atoms with Crippen LogP contribution in [0.4, 0.5) is 0 Å². The molecule has 1 aromatic rings. The predicted molar refractivity (Wildman–Crippen MR) is 98.1 cm³/mol. The first kappa shape index (κ1) is 17.3. The molecule has 0 fully saturated rings. The molecule has 0 heterocycles. The molecule has 23 heavy (non-hydrogen) atoms. The quantitative estimate of drug-likeness (QED) is 0.754. The fourth-order valence-electron chi connectivity index (χ4n) is 2.97. The Hall–Kier alpha value is -2.09. The van der Waals surface area contributed by atoms with Gasteiger partial charge in [0.15, 0.2) is 0 Å². The third-order valence-electron chi connectivity index (χ3n) is 4.47. The van der Waals surface area contributed by atoms with E-state index in [1.807, 2.05) is 19.1 Å². The number of aryl methyl sites for hydroxylation is 1. The maximum absolute atomic E-state index is 12.3. The van der Waals surface area contributed by atoms with Gasteiger partial charge in [-0.2, -0.15) is 0 Å². The summed E-state index contributed by atoms with van der Waals surface area (Å²) in [6.07, 6.45) is 9.07. The molecule has 1 aliphatic carbocycles. The van der Waals surface area contributed by atoms with E-state index in [1.54, 1.807) is 0 Å². The third kappa shape index (κ3) is 4.01. The van der Waals surface area contributed by atoms with E-state index in [9.17, 15) is 4.79 Å². The molecule has 1 atom stereocenters. The minimum atomic E-state index is -0.126. The third-order valence-corrected chi connectivity index (χ3v) is 4.47. The Morgan fingerprint density at radius 3 is 2.48 bits per heavy atom. The summed E-state index contributed by atoms with van der Waals surface area (Å²) in [5, 5.41) is 0. The van der Waals surface area contributed by atoms with Gasteiger partial charge in [-0.3, -0.25) is 4.79 Å². The number of carbonyl (C=O) groups is 1. The van der Waals surface area contributed by atoms with Crippen LogP contribution in [0.5, 0.6) is 0 Å². The van der Waals surface area contributed by atoms with Crippen molar-refractivity contribution in [2.24, 2.45) is 5.92 Å². The number of nitrogens with zero attached hydrogens (tertiary/aromatic N) is 1. The van der Waals surface area contributed by atoms with Crippen molar-refractivity contribution < 1.29 is 4.79 Å². The van der Waals surface area contributed by atoms with Gasteiger partial charge >= 0.3 is 0 Å². The average molecular weight is 309 g/mol. The lowest BCUT2D eigenvalue weighted by Crippen LogP contribution is -2.24. The molecular weight excluding hydrogens is 282 g/mol. The number of carbonyl (C=O) groups excluding carboxylic acids is 1. The molecule has 1 unspecified atom stereocenters. The number of rotatable bonds is 6. The Balaban J connectivity index is 2.45. The van der Waals surface area contributed by atoms with E-state index in [0.717, 1.165) is 18.7 Å². The summed E-state index contributed by atoms with van der Waals surface area (Å²) < 4.78 is 0. The first-order valence-electron chi connectivity index (χ1n) is 8.55. The van der Waals surface area contributed by atoms with Crippen molar-refractivity contribution in [3.63, 3.8) is 0 Å². The lowest BCUT2D eigenvalue weighted by Gasteiger charge is -2.27. The molecule has 0 aliphatic heterocycles. The highest BCUT2D eigenvalue weighted by molar-refractivity contribution is 5.88. The van der Waals surface area contributed by atoms with Gasteiger partial charge in [-0.25, -0.2) is 0 Å². The number of ketones is 1. The van der Waals surface area contributed by atoms with Crippen LogP contribution >= 0.6 is 0 Å². The van der Waals surface area contributed by atoms with E-state index in [-0.39, 0.29) is 11.7 Å². The first-order valence-corrected chi connectivity index (χ1v) is 8.55. The van der Waals surface area contributed by atoms with Gasteiger partial charge in [-0.1, -0.05) is 43.3 Å². The van der Waals surface area contributed by atoms with Gasteiger partial charge in [0.2, 0.25) is 0 Å². The van der Waals surface area contributed by atoms with Crippen molar-refractivity contribution in [2.75, 3.05) is 13.1 Å². The van der Waals surface area contributed by atoms with Crippen LogP contribution in [-0.2, 0) is 4.79 Å². The maximum atomic E-state index is 12.3. The number of likely N-dealkylation sites (N-methyl/N-ethyl adjacent to an activating group) is 1. The van der Waals surface area contributed by atoms with E-state index >= 15 is 0 Å². The molecule has 2 rings (SSSR count). The van der Waals surface area contributed by atoms with Gasteiger partial charge in [0.05, 0.1) is 5.92 Å². The summed E-state index contributed by atoms with van der Waals surface area (Å²) in [7, 11) is 0. The average Bonchev–Trinajstić information content (AvgIpc) is 2.57. The monoisotopic (exact) mass is 309 g/mol. The van der Waals surface area contributed by atoms with Crippen LogP contribution in [0.15, 0.2) is 53.8 Å². The van der Waals surface area contributed by atoms with Crippen LogP contribution in [0.1, 0.15) is 38.3 Å². The van der Waals surface area contributed by atoms with E-state index in [2.05, 4.69) is 62.1 Å². The molecule has 0 spiro atoms. The number of benzene rings is 1. The van der Waals surface area contributed by atoms with Crippen LogP contribution in [0.25, 0.3) is 6.08 Å². The minimum absolute atomic E-state index is 0.126. The highest BCUT2D eigenvalue weighted by Gasteiger charge is 2.22. The highest BCUT2D eigenvalue weighted by atomic mass is 16.1. The molecule has 0 saturated carbocycles. The first-order chi connectivity index (χ1) is 11.1. The Kier molecular flexibility index (Phi) is 5.97. The van der Waals surface area contributed by atoms with E-state index in [1.165, 1.54) is 16.8 Å². The van der Waals surface area contributed by atoms with Crippen molar-refractivity contribution in [2.45, 2.75) is 34.1 Å². The zero-order valence-electron chi connectivity index (χ0n) is 14.7. The van der Waals surface area contributed by atoms with Gasteiger partial charge < -0.3 is 4.90 Å². The second kappa shape index (κ2) is 7.96. The highest BCUT2D eigenvalue weighted by Crippen LogP contribution is 2.28. The normalized spacial score (nSPS) is 18.9. The number of allylic oxidation sites excluding steroid dienone is 4. The van der Waals surface area contributed by atoms with Crippen LogP contribution in [0, 0.1) is 12.8 Å². The molecule has 0 saturated heterocycles. The largest absolute Gasteiger partial charge is 0.372 e. The van der Waals surface area contributed by atoms with Crippen LogP contribution in [0.3, 0.4) is 0 Å². The second-order valence-corrected chi connectivity index (χ2v) is 5.90. The Morgan fingerprint density at radius 1 is 1.17 bits per heavy atom. The molecule has 0 bridgehead atoms. The van der Waals surface area contributed by atoms with Gasteiger partial charge in [-0.15, -0.1) is 0 Å². The van der Waals surface area contributed by atoms with Crippen molar-refractivity contribution in [3.8, 4) is 0 Å². The molecule has 0 amide bonds. The second-order valence-electron chi connectivity index (χ2n) is 5.90. The molecule has 1 aliphatic rings. The van der Waals surface area contributed by atoms with Crippen molar-refractivity contribution >= 4 is 11.9 Å². The molecule has 0 N–H and O–H groups in total. The number of hydrogen-bond donors (Lipinski definition) is 0. The van der Waals surface area contributed by atoms with Gasteiger partial charge in [0.1, 0.15) is 5.78 Å². The molecule has 2 nitrogen and oxygen atoms in total. The van der Waals surface area contributed by atoms with Crippen molar-refractivity contribution in [1.29, 1.82) is 0 Å². The van der Waals surface area contributed by atoms with E-state index in [4.69, 9.17) is 0 Å². The fourth-order valence-corrected chi connectivity index (χ4v) is 2.97. The summed E-state index contributed by atoms with van der Waals surface area (Å²) >= 11 is 0. The Morgan fingerprint density at radius 2 is 1.87 bits per heavy atom. The molecule has 0 radical (unpaired) electrons. The molecule has 2 heteroatoms. The Bertz CT molecular complexity index is 648. The molecule has 122 valence electrons. The minimum Gasteiger partial charge on any atom is -0.372 e. The van der Waals surface area contributed by atoms with Crippen molar-refractivity contribution in [1.82, 2.24) is 4.90 Å². The Labute approximate surface area is 140 Å². The smallest absolute Gasteiger partial charge is 0.143 e. The summed E-state index contributed by atoms with van der Waals surface area (Å²) in [6, 6.07) is 8.31. The zero-order valence-corrected chi connectivity index (χ0v) is 14.7. The van der Waals surface area contributed by atoms with E-state index < -0.39 is 0 Å². The number of Topliss-reactive ketones (excluding diaryl/α,β-unsaturated/α-hetero) is 1. The maximum Gasteiger partial charge on any atom is 0.143 e. The van der Waals surface area contributed by atoms with Gasteiger partial charge in [-0.05, 0) is 49.6 Å². The zero-order chi connectivity index (χ0) is 16.8. The van der Waals surface area contributed by atoms with E-state index in [0.29, 0.717) is 6.42 Å². The topological polar surface area (TPSA) is 20.3 Å².